The number of carbonyl (C=O) groups excluding carboxylic acids is 1. The molecular formula is C11H13N3O2. The third-order valence-corrected chi connectivity index (χ3v) is 2.26. The lowest BCUT2D eigenvalue weighted by Crippen LogP contribution is -2.24. The van der Waals surface area contributed by atoms with E-state index in [0.717, 1.165) is 16.7 Å². The lowest BCUT2D eigenvalue weighted by Gasteiger charge is -2.03. The minimum absolute atomic E-state index is 0.0415. The molecule has 0 aliphatic heterocycles. The van der Waals surface area contributed by atoms with Gasteiger partial charge in [0.2, 0.25) is 5.91 Å². The van der Waals surface area contributed by atoms with Crippen molar-refractivity contribution >= 4 is 17.0 Å². The molecule has 0 spiro atoms. The maximum absolute atomic E-state index is 11.2. The Morgan fingerprint density at radius 3 is 3.19 bits per heavy atom. The quantitative estimate of drug-likeness (QED) is 0.796. The van der Waals surface area contributed by atoms with E-state index in [1.807, 2.05) is 18.2 Å². The van der Waals surface area contributed by atoms with E-state index >= 15 is 0 Å². The van der Waals surface area contributed by atoms with Crippen molar-refractivity contribution in [1.82, 2.24) is 10.3 Å². The van der Waals surface area contributed by atoms with Gasteiger partial charge in [-0.1, -0.05) is 6.07 Å². The van der Waals surface area contributed by atoms with E-state index in [-0.39, 0.29) is 5.91 Å². The van der Waals surface area contributed by atoms with Crippen molar-refractivity contribution in [2.45, 2.75) is 13.0 Å². The van der Waals surface area contributed by atoms with Crippen LogP contribution in [0.3, 0.4) is 0 Å². The number of rotatable bonds is 4. The monoisotopic (exact) mass is 219 g/mol. The SMILES string of the molecule is NCCC(=O)NCc1ccc2ncoc2c1. The van der Waals surface area contributed by atoms with Gasteiger partial charge >= 0.3 is 0 Å². The summed E-state index contributed by atoms with van der Waals surface area (Å²) in [6.45, 7) is 0.850. The smallest absolute Gasteiger partial charge is 0.221 e. The zero-order valence-electron chi connectivity index (χ0n) is 8.77. The summed E-state index contributed by atoms with van der Waals surface area (Å²) in [6.07, 6.45) is 1.76. The number of carbonyl (C=O) groups is 1. The van der Waals surface area contributed by atoms with Crippen LogP contribution in [0.15, 0.2) is 29.0 Å². The summed E-state index contributed by atoms with van der Waals surface area (Å²) >= 11 is 0. The Morgan fingerprint density at radius 2 is 2.38 bits per heavy atom. The van der Waals surface area contributed by atoms with Crippen LogP contribution in [-0.2, 0) is 11.3 Å². The summed E-state index contributed by atoms with van der Waals surface area (Å²) in [5.41, 5.74) is 7.80. The van der Waals surface area contributed by atoms with Crippen LogP contribution < -0.4 is 11.1 Å². The molecule has 0 atom stereocenters. The lowest BCUT2D eigenvalue weighted by molar-refractivity contribution is -0.121. The molecule has 16 heavy (non-hydrogen) atoms. The standard InChI is InChI=1S/C11H13N3O2/c12-4-3-11(15)13-6-8-1-2-9-10(5-8)16-7-14-9/h1-2,5,7H,3-4,6,12H2,(H,13,15). The molecule has 0 aliphatic rings. The van der Waals surface area contributed by atoms with Gasteiger partial charge in [-0.25, -0.2) is 4.98 Å². The highest BCUT2D eigenvalue weighted by Crippen LogP contribution is 2.13. The van der Waals surface area contributed by atoms with Gasteiger partial charge in [-0.05, 0) is 17.7 Å². The molecular weight excluding hydrogens is 206 g/mol. The zero-order valence-corrected chi connectivity index (χ0v) is 8.77. The maximum Gasteiger partial charge on any atom is 0.221 e. The van der Waals surface area contributed by atoms with Crippen LogP contribution in [-0.4, -0.2) is 17.4 Å². The largest absolute Gasteiger partial charge is 0.443 e. The first kappa shape index (κ1) is 10.6. The zero-order chi connectivity index (χ0) is 11.4. The van der Waals surface area contributed by atoms with E-state index in [9.17, 15) is 4.79 Å². The molecule has 0 unspecified atom stereocenters. The molecule has 0 aliphatic carbocycles. The van der Waals surface area contributed by atoms with Crippen LogP contribution in [0.5, 0.6) is 0 Å². The van der Waals surface area contributed by atoms with E-state index in [1.165, 1.54) is 6.39 Å². The fourth-order valence-electron chi connectivity index (χ4n) is 1.43. The minimum Gasteiger partial charge on any atom is -0.443 e. The molecule has 0 radical (unpaired) electrons. The fraction of sp³-hybridized carbons (Fsp3) is 0.273. The molecule has 5 nitrogen and oxygen atoms in total. The van der Waals surface area contributed by atoms with Crippen LogP contribution >= 0.6 is 0 Å². The fourth-order valence-corrected chi connectivity index (χ4v) is 1.43. The Hall–Kier alpha value is -1.88. The van der Waals surface area contributed by atoms with Crippen LogP contribution in [0, 0.1) is 0 Å². The molecule has 84 valence electrons. The number of benzene rings is 1. The van der Waals surface area contributed by atoms with E-state index in [1.54, 1.807) is 0 Å². The van der Waals surface area contributed by atoms with E-state index in [2.05, 4.69) is 10.3 Å². The number of oxazole rings is 1. The average Bonchev–Trinajstić information content (AvgIpc) is 2.74. The predicted molar refractivity (Wildman–Crippen MR) is 59.5 cm³/mol. The van der Waals surface area contributed by atoms with Crippen LogP contribution in [0.4, 0.5) is 0 Å². The predicted octanol–water partition coefficient (Wildman–Crippen LogP) is 0.793. The molecule has 0 fully saturated rings. The van der Waals surface area contributed by atoms with Crippen molar-refractivity contribution in [3.63, 3.8) is 0 Å². The van der Waals surface area contributed by atoms with Crippen molar-refractivity contribution < 1.29 is 9.21 Å². The molecule has 1 amide bonds. The van der Waals surface area contributed by atoms with Crippen molar-refractivity contribution in [2.75, 3.05) is 6.54 Å². The number of aromatic nitrogens is 1. The van der Waals surface area contributed by atoms with Gasteiger partial charge in [0.05, 0.1) is 0 Å². The topological polar surface area (TPSA) is 81.2 Å². The number of hydrogen-bond donors (Lipinski definition) is 2. The third kappa shape index (κ3) is 2.38. The molecule has 3 N–H and O–H groups in total. The second-order valence-corrected chi connectivity index (χ2v) is 3.47. The van der Waals surface area contributed by atoms with E-state index < -0.39 is 0 Å². The number of hydrogen-bond acceptors (Lipinski definition) is 4. The van der Waals surface area contributed by atoms with Crippen molar-refractivity contribution in [3.8, 4) is 0 Å². The summed E-state index contributed by atoms with van der Waals surface area (Å²) in [7, 11) is 0. The van der Waals surface area contributed by atoms with Crippen molar-refractivity contribution in [2.24, 2.45) is 5.73 Å². The Morgan fingerprint density at radius 1 is 1.50 bits per heavy atom. The first-order valence-electron chi connectivity index (χ1n) is 5.08. The van der Waals surface area contributed by atoms with Gasteiger partial charge in [-0.3, -0.25) is 4.79 Å². The van der Waals surface area contributed by atoms with Crippen molar-refractivity contribution in [3.05, 3.63) is 30.2 Å². The normalized spacial score (nSPS) is 10.6. The Labute approximate surface area is 92.6 Å². The first-order valence-corrected chi connectivity index (χ1v) is 5.08. The molecule has 2 rings (SSSR count). The van der Waals surface area contributed by atoms with E-state index in [4.69, 9.17) is 10.2 Å². The highest BCUT2D eigenvalue weighted by Gasteiger charge is 2.02. The molecule has 2 aromatic rings. The molecule has 0 saturated carbocycles. The summed E-state index contributed by atoms with van der Waals surface area (Å²) < 4.78 is 5.17. The van der Waals surface area contributed by atoms with Gasteiger partial charge in [-0.2, -0.15) is 0 Å². The molecule has 1 aromatic carbocycles. The molecule has 1 aromatic heterocycles. The second-order valence-electron chi connectivity index (χ2n) is 3.47. The number of nitrogens with zero attached hydrogens (tertiary/aromatic N) is 1. The second kappa shape index (κ2) is 4.76. The Bertz CT molecular complexity index is 493. The third-order valence-electron chi connectivity index (χ3n) is 2.26. The summed E-state index contributed by atoms with van der Waals surface area (Å²) in [5.74, 6) is -0.0415. The Balaban J connectivity index is 2.01. The summed E-state index contributed by atoms with van der Waals surface area (Å²) in [4.78, 5) is 15.2. The minimum atomic E-state index is -0.0415. The van der Waals surface area contributed by atoms with Crippen LogP contribution in [0.1, 0.15) is 12.0 Å². The number of nitrogens with one attached hydrogen (secondary N) is 1. The summed E-state index contributed by atoms with van der Waals surface area (Å²) in [6, 6.07) is 5.64. The first-order chi connectivity index (χ1) is 7.79. The number of nitrogens with two attached hydrogens (primary N) is 1. The lowest BCUT2D eigenvalue weighted by atomic mass is 10.2. The number of fused-ring (bicyclic) bond motifs is 1. The summed E-state index contributed by atoms with van der Waals surface area (Å²) in [5, 5.41) is 2.78. The van der Waals surface area contributed by atoms with Gasteiger partial charge < -0.3 is 15.5 Å². The average molecular weight is 219 g/mol. The van der Waals surface area contributed by atoms with Gasteiger partial charge in [0.15, 0.2) is 12.0 Å². The van der Waals surface area contributed by atoms with Gasteiger partial charge in [-0.15, -0.1) is 0 Å². The highest BCUT2D eigenvalue weighted by atomic mass is 16.3. The van der Waals surface area contributed by atoms with E-state index in [0.29, 0.717) is 19.5 Å². The molecule has 5 heteroatoms. The van der Waals surface area contributed by atoms with Gasteiger partial charge in [0.1, 0.15) is 5.52 Å². The highest BCUT2D eigenvalue weighted by molar-refractivity contribution is 5.76. The van der Waals surface area contributed by atoms with Crippen LogP contribution in [0.2, 0.25) is 0 Å². The molecule has 1 heterocycles. The Kier molecular flexibility index (Phi) is 3.16. The number of amides is 1. The van der Waals surface area contributed by atoms with Crippen LogP contribution in [0.25, 0.3) is 11.1 Å². The molecule has 0 bridgehead atoms. The molecule has 0 saturated heterocycles. The van der Waals surface area contributed by atoms with Gasteiger partial charge in [0, 0.05) is 19.5 Å². The van der Waals surface area contributed by atoms with Gasteiger partial charge in [0.25, 0.3) is 0 Å². The maximum atomic E-state index is 11.2. The van der Waals surface area contributed by atoms with Crippen molar-refractivity contribution in [1.29, 1.82) is 0 Å².